The lowest BCUT2D eigenvalue weighted by Crippen LogP contribution is -2.15. The summed E-state index contributed by atoms with van der Waals surface area (Å²) in [5.74, 6) is 3.90. The Hall–Kier alpha value is -7.96. The molecule has 4 aromatic carbocycles. The van der Waals surface area contributed by atoms with Crippen molar-refractivity contribution in [2.75, 3.05) is 106 Å². The van der Waals surface area contributed by atoms with Crippen LogP contribution in [0.4, 0.5) is 0 Å². The van der Waals surface area contributed by atoms with Gasteiger partial charge in [0.05, 0.1) is 113 Å². The van der Waals surface area contributed by atoms with Crippen LogP contribution in [0.5, 0.6) is 34.5 Å². The Bertz CT molecular complexity index is 3580. The number of H-pyrrole nitrogens is 2. The second-order valence-electron chi connectivity index (χ2n) is 22.6. The third-order valence-electron chi connectivity index (χ3n) is 16.9. The average Bonchev–Trinajstić information content (AvgIpc) is 1.77. The van der Waals surface area contributed by atoms with Gasteiger partial charge in [-0.05, 0) is 158 Å². The lowest BCUT2D eigenvalue weighted by atomic mass is 9.94. The Kier molecular flexibility index (Phi) is 21.7. The second kappa shape index (κ2) is 30.7. The molecule has 14 rings (SSSR count). The van der Waals surface area contributed by atoms with Gasteiger partial charge in [0.15, 0.2) is 0 Å². The van der Waals surface area contributed by atoms with Crippen LogP contribution in [0.3, 0.4) is 0 Å². The van der Waals surface area contributed by atoms with Crippen LogP contribution in [-0.4, -0.2) is 126 Å². The number of aryl methyl sites for hydroxylation is 4. The van der Waals surface area contributed by atoms with E-state index in [2.05, 4.69) is 102 Å². The predicted molar refractivity (Wildman–Crippen MR) is 354 cm³/mol. The van der Waals surface area contributed by atoms with Gasteiger partial charge in [-0.3, -0.25) is 0 Å². The molecule has 16 heteroatoms. The number of rotatable bonds is 4. The molecule has 10 heterocycles. The van der Waals surface area contributed by atoms with Gasteiger partial charge in [-0.2, -0.15) is 0 Å². The molecule has 0 saturated heterocycles. The van der Waals surface area contributed by atoms with Gasteiger partial charge >= 0.3 is 0 Å². The molecule has 2 N–H and O–H groups in total. The lowest BCUT2D eigenvalue weighted by molar-refractivity contribution is 0.00432. The number of nitrogens with zero attached hydrogens (tertiary/aromatic N) is 2. The van der Waals surface area contributed by atoms with E-state index in [0.717, 1.165) is 126 Å². The van der Waals surface area contributed by atoms with Crippen molar-refractivity contribution in [2.24, 2.45) is 0 Å². The lowest BCUT2D eigenvalue weighted by Gasteiger charge is -2.16. The molecule has 0 fully saturated rings. The summed E-state index contributed by atoms with van der Waals surface area (Å²) in [4.78, 5) is 19.6. The average molecular weight is 1220 g/mol. The Balaban J connectivity index is 1.13. The maximum atomic E-state index is 7.04. The van der Waals surface area contributed by atoms with Crippen molar-refractivity contribution in [2.45, 2.75) is 94.3 Å². The first-order chi connectivity index (χ1) is 44.1. The first-order valence-electron chi connectivity index (χ1n) is 32.0. The third-order valence-corrected chi connectivity index (χ3v) is 16.9. The molecule has 0 radical (unpaired) electrons. The van der Waals surface area contributed by atoms with Gasteiger partial charge in [-0.25, -0.2) is 9.97 Å². The number of aromatic amines is 2. The van der Waals surface area contributed by atoms with Crippen LogP contribution in [-0.2, 0) is 54.5 Å². The zero-order valence-corrected chi connectivity index (χ0v) is 53.6. The van der Waals surface area contributed by atoms with E-state index in [1.54, 1.807) is 0 Å². The minimum atomic E-state index is 0.213. The van der Waals surface area contributed by atoms with Gasteiger partial charge in [0.2, 0.25) is 0 Å². The number of nitrogens with one attached hydrogen (secondary N) is 2. The second-order valence-corrected chi connectivity index (χ2v) is 22.6. The summed E-state index contributed by atoms with van der Waals surface area (Å²) in [6.45, 7) is 24.1. The van der Waals surface area contributed by atoms with Crippen molar-refractivity contribution < 1.29 is 56.8 Å². The van der Waals surface area contributed by atoms with Gasteiger partial charge in [-0.1, -0.05) is 64.1 Å². The third kappa shape index (κ3) is 14.8. The number of hydrogen-bond acceptors (Lipinski definition) is 14. The zero-order valence-electron chi connectivity index (χ0n) is 53.6. The molecule has 474 valence electrons. The van der Waals surface area contributed by atoms with Crippen molar-refractivity contribution in [1.29, 1.82) is 0 Å². The number of allylic oxidation sites excluding steroid dienone is 4. The normalized spacial score (nSPS) is 16.4. The van der Waals surface area contributed by atoms with E-state index in [1.807, 2.05) is 60.7 Å². The van der Waals surface area contributed by atoms with Crippen LogP contribution in [0.1, 0.15) is 111 Å². The van der Waals surface area contributed by atoms with Crippen LogP contribution >= 0.6 is 0 Å². The first kappa shape index (κ1) is 63.6. The number of para-hydroxylation sites is 2. The van der Waals surface area contributed by atoms with Crippen LogP contribution in [0.25, 0.3) is 66.6 Å². The van der Waals surface area contributed by atoms with Gasteiger partial charge in [0.1, 0.15) is 74.1 Å². The summed E-state index contributed by atoms with van der Waals surface area (Å²) in [7, 11) is 0. The fourth-order valence-electron chi connectivity index (χ4n) is 12.5. The van der Waals surface area contributed by atoms with Gasteiger partial charge in [-0.15, -0.1) is 0 Å². The maximum absolute atomic E-state index is 7.04. The highest BCUT2D eigenvalue weighted by Gasteiger charge is 2.28. The molecular formula is C74H86N4O12. The molecule has 0 unspecified atom stereocenters. The van der Waals surface area contributed by atoms with E-state index in [1.165, 1.54) is 22.3 Å². The first-order valence-corrected chi connectivity index (χ1v) is 32.0. The molecule has 0 saturated carbocycles. The van der Waals surface area contributed by atoms with E-state index in [0.29, 0.717) is 140 Å². The van der Waals surface area contributed by atoms with Crippen molar-refractivity contribution in [3.63, 3.8) is 0 Å². The summed E-state index contributed by atoms with van der Waals surface area (Å²) >= 11 is 0. The number of hydrogen-bond donors (Lipinski definition) is 2. The van der Waals surface area contributed by atoms with Gasteiger partial charge in [0.25, 0.3) is 0 Å². The molecule has 7 aromatic rings. The van der Waals surface area contributed by atoms with Crippen molar-refractivity contribution in [3.05, 3.63) is 153 Å². The van der Waals surface area contributed by atoms with Crippen LogP contribution < -0.4 is 28.4 Å². The monoisotopic (exact) mass is 1220 g/mol. The summed E-state index contributed by atoms with van der Waals surface area (Å²) in [5.41, 5.74) is 22.2. The fourth-order valence-corrected chi connectivity index (χ4v) is 12.5. The molecule has 7 aliphatic rings. The predicted octanol–water partition coefficient (Wildman–Crippen LogP) is 14.9. The molecule has 16 nitrogen and oxygen atoms in total. The molecular weight excluding hydrogens is 1140 g/mol. The topological polar surface area (TPSA) is 168 Å². The number of aromatic nitrogens is 4. The van der Waals surface area contributed by atoms with Crippen LogP contribution in [0.15, 0.2) is 97.1 Å². The highest BCUT2D eigenvalue weighted by atomic mass is 16.6. The summed E-state index contributed by atoms with van der Waals surface area (Å²) < 4.78 is 74.9. The Morgan fingerprint density at radius 1 is 0.367 bits per heavy atom. The Morgan fingerprint density at radius 3 is 1.01 bits per heavy atom. The Morgan fingerprint density at radius 2 is 0.689 bits per heavy atom. The smallest absolute Gasteiger partial charge is 0.127 e. The molecule has 16 bridgehead atoms. The molecule has 0 aliphatic carbocycles. The zero-order chi connectivity index (χ0) is 62.3. The molecule has 0 atom stereocenters. The minimum absolute atomic E-state index is 0.213. The minimum Gasteiger partial charge on any atom is -0.491 e. The fraction of sp³-hybridized carbons (Fsp3) is 0.405. The number of ether oxygens (including phenoxy) is 12. The molecule has 90 heavy (non-hydrogen) atoms. The van der Waals surface area contributed by atoms with Crippen molar-refractivity contribution in [1.82, 2.24) is 19.9 Å². The quantitative estimate of drug-likeness (QED) is 0.171. The molecule has 0 spiro atoms. The highest BCUT2D eigenvalue weighted by molar-refractivity contribution is 6.04. The van der Waals surface area contributed by atoms with E-state index in [4.69, 9.17) is 66.8 Å². The van der Waals surface area contributed by atoms with E-state index >= 15 is 0 Å². The maximum Gasteiger partial charge on any atom is 0.127 e. The van der Waals surface area contributed by atoms with Gasteiger partial charge < -0.3 is 66.8 Å². The summed E-state index contributed by atoms with van der Waals surface area (Å²) in [6, 6.07) is 32.9. The van der Waals surface area contributed by atoms with Crippen molar-refractivity contribution >= 4 is 44.4 Å². The number of benzene rings is 4. The van der Waals surface area contributed by atoms with Crippen LogP contribution in [0.2, 0.25) is 0 Å². The Labute approximate surface area is 528 Å². The van der Waals surface area contributed by atoms with Crippen LogP contribution in [0, 0.1) is 13.8 Å². The molecule has 0 amide bonds. The standard InChI is InChI=1S/C74H86N4O12/c1-9-57-47(5)71-69-61-17-13-15-19-67(61)89-45-51-37-53-41-54(38-51)86-34-30-82-26-22-80-24-28-84-32-36-88-56-40-52(39-55(42-56)87-35-31-83-27-23-79-21-25-81-29-33-85-53)46-90-68-20-16-14-18-62(68)70(73-48(6)58(10-2)64(76-73)43-63(57)75-71)74-50(8)60(12-4)66(78-74)44-65-59(11-3)49(7)72(69)77-65/h13-20,37-44,75,78H,9-12,21-36,45-46H2,1-8H3. The summed E-state index contributed by atoms with van der Waals surface area (Å²) in [6.07, 6.45) is 3.09. The van der Waals surface area contributed by atoms with E-state index < -0.39 is 0 Å². The largest absolute Gasteiger partial charge is 0.491 e. The van der Waals surface area contributed by atoms with E-state index in [-0.39, 0.29) is 13.2 Å². The van der Waals surface area contributed by atoms with Crippen molar-refractivity contribution in [3.8, 4) is 56.8 Å². The van der Waals surface area contributed by atoms with E-state index in [9.17, 15) is 0 Å². The van der Waals surface area contributed by atoms with Gasteiger partial charge in [0, 0.05) is 45.4 Å². The molecule has 3 aromatic heterocycles. The SMILES string of the molecule is CCC1=C(C)c2nc1cc1[nH]c(c(C)c1CC)c1c3nc(cc4[nH]c(c(C)c4CC)c2-c2ccccc2OCc2cc4cc(c2)OCCOCCOCCOCCOc2cc(cc(c2)OCCOCCOCCOCCO4)COc2ccccc2-1)C(CC)=C3C. The molecule has 7 aliphatic heterocycles. The highest BCUT2D eigenvalue weighted by Crippen LogP contribution is 2.47. The summed E-state index contributed by atoms with van der Waals surface area (Å²) in [5, 5.41) is 0.